The van der Waals surface area contributed by atoms with Crippen molar-refractivity contribution in [3.63, 3.8) is 0 Å². The van der Waals surface area contributed by atoms with Gasteiger partial charge in [-0.2, -0.15) is 0 Å². The quantitative estimate of drug-likeness (QED) is 0.647. The molecule has 2 heterocycles. The van der Waals surface area contributed by atoms with Crippen molar-refractivity contribution in [1.82, 2.24) is 15.0 Å². The molecule has 6 heteroatoms. The summed E-state index contributed by atoms with van der Waals surface area (Å²) in [6.07, 6.45) is 0. The summed E-state index contributed by atoms with van der Waals surface area (Å²) in [6.45, 7) is 10.0. The van der Waals surface area contributed by atoms with Gasteiger partial charge in [-0.15, -0.1) is 5.10 Å². The molecule has 1 saturated heterocycles. The molecule has 0 unspecified atom stereocenters. The van der Waals surface area contributed by atoms with E-state index in [1.165, 1.54) is 0 Å². The van der Waals surface area contributed by atoms with Crippen molar-refractivity contribution in [2.24, 2.45) is 7.05 Å². The van der Waals surface area contributed by atoms with Crippen LogP contribution < -0.4 is 5.59 Å². The highest BCUT2D eigenvalue weighted by molar-refractivity contribution is 6.61. The fraction of sp³-hybridized carbons (Fsp3) is 0.800. The number of hydrogen-bond acceptors (Lipinski definition) is 4. The average Bonchev–Trinajstić information content (AvgIpc) is 2.52. The van der Waals surface area contributed by atoms with Crippen molar-refractivity contribution in [2.75, 3.05) is 0 Å². The van der Waals surface area contributed by atoms with Crippen molar-refractivity contribution in [3.05, 3.63) is 5.69 Å². The van der Waals surface area contributed by atoms with Gasteiger partial charge in [-0.25, -0.2) is 0 Å². The first-order valence-corrected chi connectivity index (χ1v) is 5.46. The smallest absolute Gasteiger partial charge is 0.398 e. The van der Waals surface area contributed by atoms with E-state index in [2.05, 4.69) is 10.3 Å². The fourth-order valence-electron chi connectivity index (χ4n) is 1.75. The first-order valence-electron chi connectivity index (χ1n) is 5.46. The predicted octanol–water partition coefficient (Wildman–Crippen LogP) is 0.423. The molecule has 0 atom stereocenters. The molecular weight excluding hydrogens is 205 g/mol. The summed E-state index contributed by atoms with van der Waals surface area (Å²) in [6, 6.07) is 0. The van der Waals surface area contributed by atoms with Crippen LogP contribution in [0.2, 0.25) is 0 Å². The fourth-order valence-corrected chi connectivity index (χ4v) is 1.75. The zero-order chi connectivity index (χ0) is 12.1. The van der Waals surface area contributed by atoms with E-state index in [9.17, 15) is 0 Å². The molecule has 16 heavy (non-hydrogen) atoms. The van der Waals surface area contributed by atoms with Crippen LogP contribution in [0.15, 0.2) is 0 Å². The summed E-state index contributed by atoms with van der Waals surface area (Å²) < 4.78 is 13.6. The summed E-state index contributed by atoms with van der Waals surface area (Å²) in [5, 5.41) is 7.97. The van der Waals surface area contributed by atoms with Gasteiger partial charge in [-0.1, -0.05) is 5.21 Å². The zero-order valence-electron chi connectivity index (χ0n) is 10.7. The second kappa shape index (κ2) is 3.31. The standard InChI is InChI=1S/C10H18BN3O2/c1-7-8(14(6)13-12-7)11-15-9(2,3)10(4,5)16-11/h1-6H3. The van der Waals surface area contributed by atoms with E-state index in [4.69, 9.17) is 9.31 Å². The monoisotopic (exact) mass is 223 g/mol. The summed E-state index contributed by atoms with van der Waals surface area (Å²) in [5.74, 6) is 0. The van der Waals surface area contributed by atoms with Crippen molar-refractivity contribution < 1.29 is 9.31 Å². The number of rotatable bonds is 1. The van der Waals surface area contributed by atoms with Gasteiger partial charge in [-0.3, -0.25) is 4.68 Å². The Bertz CT molecular complexity index is 379. The molecule has 1 aliphatic rings. The Labute approximate surface area is 96.3 Å². The van der Waals surface area contributed by atoms with Crippen LogP contribution in [-0.2, 0) is 16.4 Å². The van der Waals surface area contributed by atoms with Crippen LogP contribution in [0.1, 0.15) is 33.4 Å². The number of nitrogens with zero attached hydrogens (tertiary/aromatic N) is 3. The van der Waals surface area contributed by atoms with Crippen molar-refractivity contribution >= 4 is 12.7 Å². The van der Waals surface area contributed by atoms with Gasteiger partial charge in [0.1, 0.15) is 0 Å². The molecule has 2 rings (SSSR count). The molecule has 1 aliphatic heterocycles. The van der Waals surface area contributed by atoms with Crippen LogP contribution in [0, 0.1) is 6.92 Å². The van der Waals surface area contributed by atoms with E-state index in [-0.39, 0.29) is 18.3 Å². The Balaban J connectivity index is 2.34. The third-order valence-electron chi connectivity index (χ3n) is 3.52. The summed E-state index contributed by atoms with van der Waals surface area (Å²) in [4.78, 5) is 0. The van der Waals surface area contributed by atoms with Crippen molar-refractivity contribution in [1.29, 1.82) is 0 Å². The Hall–Kier alpha value is -0.875. The molecule has 0 spiro atoms. The zero-order valence-corrected chi connectivity index (χ0v) is 10.7. The highest BCUT2D eigenvalue weighted by atomic mass is 16.7. The van der Waals surface area contributed by atoms with Gasteiger partial charge in [0.25, 0.3) is 0 Å². The van der Waals surface area contributed by atoms with Gasteiger partial charge < -0.3 is 9.31 Å². The highest BCUT2D eigenvalue weighted by Gasteiger charge is 2.53. The minimum absolute atomic E-state index is 0.325. The maximum atomic E-state index is 5.95. The maximum Gasteiger partial charge on any atom is 0.516 e. The van der Waals surface area contributed by atoms with Crippen LogP contribution >= 0.6 is 0 Å². The van der Waals surface area contributed by atoms with Crippen LogP contribution in [-0.4, -0.2) is 33.3 Å². The number of aryl methyl sites for hydroxylation is 2. The van der Waals surface area contributed by atoms with Crippen LogP contribution in [0.5, 0.6) is 0 Å². The van der Waals surface area contributed by atoms with Gasteiger partial charge >= 0.3 is 7.12 Å². The van der Waals surface area contributed by atoms with E-state index < -0.39 is 0 Å². The largest absolute Gasteiger partial charge is 0.516 e. The minimum Gasteiger partial charge on any atom is -0.398 e. The van der Waals surface area contributed by atoms with E-state index in [0.29, 0.717) is 0 Å². The first-order chi connectivity index (χ1) is 7.24. The van der Waals surface area contributed by atoms with E-state index in [0.717, 1.165) is 11.3 Å². The highest BCUT2D eigenvalue weighted by Crippen LogP contribution is 2.36. The molecule has 88 valence electrons. The van der Waals surface area contributed by atoms with E-state index >= 15 is 0 Å². The predicted molar refractivity (Wildman–Crippen MR) is 61.5 cm³/mol. The third kappa shape index (κ3) is 1.56. The molecule has 0 amide bonds. The van der Waals surface area contributed by atoms with Gasteiger partial charge in [0.2, 0.25) is 0 Å². The van der Waals surface area contributed by atoms with Gasteiger partial charge in [-0.05, 0) is 34.6 Å². The topological polar surface area (TPSA) is 49.2 Å². The molecule has 1 aromatic heterocycles. The molecule has 5 nitrogen and oxygen atoms in total. The number of aromatic nitrogens is 3. The van der Waals surface area contributed by atoms with Gasteiger partial charge in [0, 0.05) is 7.05 Å². The van der Waals surface area contributed by atoms with Crippen LogP contribution in [0.25, 0.3) is 0 Å². The molecule has 0 radical (unpaired) electrons. The Kier molecular flexibility index (Phi) is 2.40. The second-order valence-electron chi connectivity index (χ2n) is 5.27. The lowest BCUT2D eigenvalue weighted by Gasteiger charge is -2.32. The van der Waals surface area contributed by atoms with E-state index in [1.807, 2.05) is 41.7 Å². The Morgan fingerprint density at radius 3 is 2.00 bits per heavy atom. The molecule has 0 saturated carbocycles. The summed E-state index contributed by atoms with van der Waals surface area (Å²) in [5.41, 5.74) is 1.09. The molecule has 0 aromatic carbocycles. The Morgan fingerprint density at radius 1 is 1.12 bits per heavy atom. The maximum absolute atomic E-state index is 5.95. The minimum atomic E-state index is -0.384. The molecule has 1 aromatic rings. The molecule has 1 fully saturated rings. The Morgan fingerprint density at radius 2 is 1.62 bits per heavy atom. The molecule has 0 N–H and O–H groups in total. The van der Waals surface area contributed by atoms with Crippen LogP contribution in [0.3, 0.4) is 0 Å². The van der Waals surface area contributed by atoms with E-state index in [1.54, 1.807) is 4.68 Å². The lowest BCUT2D eigenvalue weighted by atomic mass is 9.83. The molecular formula is C10H18BN3O2. The van der Waals surface area contributed by atoms with Crippen molar-refractivity contribution in [3.8, 4) is 0 Å². The van der Waals surface area contributed by atoms with Gasteiger partial charge in [0.15, 0.2) is 0 Å². The number of hydrogen-bond donors (Lipinski definition) is 0. The summed E-state index contributed by atoms with van der Waals surface area (Å²) in [7, 11) is 1.46. The lowest BCUT2D eigenvalue weighted by Crippen LogP contribution is -2.41. The lowest BCUT2D eigenvalue weighted by molar-refractivity contribution is 0.00578. The van der Waals surface area contributed by atoms with Gasteiger partial charge in [0.05, 0.1) is 22.5 Å². The first kappa shape index (κ1) is 11.6. The normalized spacial score (nSPS) is 22.8. The van der Waals surface area contributed by atoms with Crippen LogP contribution in [0.4, 0.5) is 0 Å². The molecule has 0 bridgehead atoms. The third-order valence-corrected chi connectivity index (χ3v) is 3.52. The SMILES string of the molecule is Cc1nnn(C)c1B1OC(C)(C)C(C)(C)O1. The summed E-state index contributed by atoms with van der Waals surface area (Å²) >= 11 is 0. The average molecular weight is 223 g/mol. The second-order valence-corrected chi connectivity index (χ2v) is 5.27. The molecule has 0 aliphatic carbocycles. The van der Waals surface area contributed by atoms with Crippen molar-refractivity contribution in [2.45, 2.75) is 45.8 Å².